The van der Waals surface area contributed by atoms with Crippen LogP contribution in [0.5, 0.6) is 0 Å². The van der Waals surface area contributed by atoms with E-state index in [9.17, 15) is 4.79 Å². The van der Waals surface area contributed by atoms with Gasteiger partial charge in [0.05, 0.1) is 30.2 Å². The lowest BCUT2D eigenvalue weighted by molar-refractivity contribution is -0.134. The van der Waals surface area contributed by atoms with Crippen LogP contribution in [0.3, 0.4) is 0 Å². The maximum absolute atomic E-state index is 13.3. The number of aromatic nitrogens is 3. The summed E-state index contributed by atoms with van der Waals surface area (Å²) in [4.78, 5) is 19.6. The van der Waals surface area contributed by atoms with Crippen LogP contribution in [-0.2, 0) is 24.9 Å². The Morgan fingerprint density at radius 2 is 1.93 bits per heavy atom. The van der Waals surface area contributed by atoms with Gasteiger partial charge in [0.15, 0.2) is 0 Å². The summed E-state index contributed by atoms with van der Waals surface area (Å²) >= 11 is 0. The Morgan fingerprint density at radius 3 is 2.59 bits per heavy atom. The Hall–Kier alpha value is -2.95. The molecule has 1 aliphatic rings. The highest BCUT2D eigenvalue weighted by molar-refractivity contribution is 5.83. The fourth-order valence-electron chi connectivity index (χ4n) is 3.68. The van der Waals surface area contributed by atoms with Crippen molar-refractivity contribution in [1.82, 2.24) is 19.7 Å². The second-order valence-electron chi connectivity index (χ2n) is 7.28. The van der Waals surface area contributed by atoms with Gasteiger partial charge in [-0.3, -0.25) is 14.5 Å². The van der Waals surface area contributed by atoms with E-state index in [1.54, 1.807) is 6.20 Å². The van der Waals surface area contributed by atoms with Crippen LogP contribution in [0.1, 0.15) is 35.0 Å². The number of hydrogen-bond acceptors (Lipinski definition) is 3. The fraction of sp³-hybridized carbons (Fsp3) is 0.318. The first-order valence-electron chi connectivity index (χ1n) is 9.35. The number of pyridine rings is 1. The number of carbonyl (C=O) groups excluding carboxylic acids is 1. The van der Waals surface area contributed by atoms with Crippen molar-refractivity contribution < 1.29 is 4.79 Å². The summed E-state index contributed by atoms with van der Waals surface area (Å²) in [6.07, 6.45) is 2.70. The molecule has 2 aromatic heterocycles. The standard InChI is InChI=1S/C22H24N4O/c1-16-12-19(25(2)24-16)15-26(14-18-10-6-7-11-23-18)22(27)21-13-20(21)17-8-4-3-5-9-17/h3-12,20-21H,13-15H2,1-2H3/t20-,21-/m0/s1. The molecule has 0 radical (unpaired) electrons. The highest BCUT2D eigenvalue weighted by Crippen LogP contribution is 2.48. The van der Waals surface area contributed by atoms with Crippen molar-refractivity contribution in [3.63, 3.8) is 0 Å². The van der Waals surface area contributed by atoms with E-state index in [4.69, 9.17) is 0 Å². The summed E-state index contributed by atoms with van der Waals surface area (Å²) in [5.74, 6) is 0.594. The summed E-state index contributed by atoms with van der Waals surface area (Å²) in [6, 6.07) is 18.2. The molecule has 0 aliphatic heterocycles. The van der Waals surface area contributed by atoms with Gasteiger partial charge in [0.25, 0.3) is 0 Å². The number of benzene rings is 1. The van der Waals surface area contributed by atoms with Crippen molar-refractivity contribution >= 4 is 5.91 Å². The molecule has 138 valence electrons. The van der Waals surface area contributed by atoms with E-state index >= 15 is 0 Å². The number of aryl methyl sites for hydroxylation is 2. The van der Waals surface area contributed by atoms with E-state index in [0.29, 0.717) is 19.0 Å². The van der Waals surface area contributed by atoms with E-state index in [-0.39, 0.29) is 11.8 Å². The third-order valence-electron chi connectivity index (χ3n) is 5.18. The van der Waals surface area contributed by atoms with Gasteiger partial charge in [-0.15, -0.1) is 0 Å². The summed E-state index contributed by atoms with van der Waals surface area (Å²) in [6.45, 7) is 3.04. The van der Waals surface area contributed by atoms with Crippen LogP contribution < -0.4 is 0 Å². The van der Waals surface area contributed by atoms with Gasteiger partial charge in [-0.25, -0.2) is 0 Å². The second-order valence-corrected chi connectivity index (χ2v) is 7.28. The van der Waals surface area contributed by atoms with E-state index in [1.165, 1.54) is 5.56 Å². The van der Waals surface area contributed by atoms with Crippen molar-refractivity contribution in [3.05, 3.63) is 83.4 Å². The number of amides is 1. The van der Waals surface area contributed by atoms with Crippen molar-refractivity contribution in [2.75, 3.05) is 0 Å². The van der Waals surface area contributed by atoms with Crippen molar-refractivity contribution in [2.24, 2.45) is 13.0 Å². The second kappa shape index (κ2) is 7.35. The largest absolute Gasteiger partial charge is 0.331 e. The van der Waals surface area contributed by atoms with Gasteiger partial charge in [0, 0.05) is 19.2 Å². The van der Waals surface area contributed by atoms with E-state index in [1.807, 2.05) is 66.0 Å². The molecule has 3 aromatic rings. The van der Waals surface area contributed by atoms with Gasteiger partial charge < -0.3 is 4.90 Å². The highest BCUT2D eigenvalue weighted by atomic mass is 16.2. The smallest absolute Gasteiger partial charge is 0.227 e. The van der Waals surface area contributed by atoms with E-state index in [2.05, 4.69) is 22.2 Å². The predicted molar refractivity (Wildman–Crippen MR) is 104 cm³/mol. The first-order chi connectivity index (χ1) is 13.1. The highest BCUT2D eigenvalue weighted by Gasteiger charge is 2.45. The van der Waals surface area contributed by atoms with Crippen LogP contribution in [0.4, 0.5) is 0 Å². The van der Waals surface area contributed by atoms with Gasteiger partial charge in [0.1, 0.15) is 0 Å². The lowest BCUT2D eigenvalue weighted by atomic mass is 10.1. The molecule has 1 amide bonds. The Morgan fingerprint density at radius 1 is 1.15 bits per heavy atom. The molecular weight excluding hydrogens is 336 g/mol. The minimum absolute atomic E-state index is 0.0606. The first-order valence-corrected chi connectivity index (χ1v) is 9.35. The van der Waals surface area contributed by atoms with Gasteiger partial charge in [0.2, 0.25) is 5.91 Å². The molecule has 1 aromatic carbocycles. The van der Waals surface area contributed by atoms with Gasteiger partial charge in [-0.2, -0.15) is 5.10 Å². The lowest BCUT2D eigenvalue weighted by Gasteiger charge is -2.23. The minimum Gasteiger partial charge on any atom is -0.331 e. The lowest BCUT2D eigenvalue weighted by Crippen LogP contribution is -2.32. The SMILES string of the molecule is Cc1cc(CN(Cc2ccccn2)C(=O)[C@H]2C[C@H]2c2ccccc2)n(C)n1. The maximum Gasteiger partial charge on any atom is 0.227 e. The Kier molecular flexibility index (Phi) is 4.75. The molecule has 1 saturated carbocycles. The molecular formula is C22H24N4O. The van der Waals surface area contributed by atoms with E-state index in [0.717, 1.165) is 23.5 Å². The van der Waals surface area contributed by atoms with Crippen LogP contribution in [0, 0.1) is 12.8 Å². The normalized spacial score (nSPS) is 18.3. The summed E-state index contributed by atoms with van der Waals surface area (Å²) in [7, 11) is 1.93. The van der Waals surface area contributed by atoms with Gasteiger partial charge in [-0.1, -0.05) is 36.4 Å². The van der Waals surface area contributed by atoms with E-state index < -0.39 is 0 Å². The molecule has 5 nitrogen and oxygen atoms in total. The molecule has 4 rings (SSSR count). The molecule has 0 spiro atoms. The average Bonchev–Trinajstić information content (AvgIpc) is 3.42. The molecule has 0 N–H and O–H groups in total. The molecule has 2 atom stereocenters. The molecule has 2 heterocycles. The van der Waals surface area contributed by atoms with Gasteiger partial charge >= 0.3 is 0 Å². The Balaban J connectivity index is 1.54. The zero-order valence-corrected chi connectivity index (χ0v) is 15.7. The summed E-state index contributed by atoms with van der Waals surface area (Å²) in [5, 5.41) is 4.42. The van der Waals surface area contributed by atoms with Gasteiger partial charge in [-0.05, 0) is 43.0 Å². The van der Waals surface area contributed by atoms with Crippen LogP contribution in [-0.4, -0.2) is 25.6 Å². The molecule has 0 bridgehead atoms. The monoisotopic (exact) mass is 360 g/mol. The van der Waals surface area contributed by atoms with Crippen LogP contribution in [0.15, 0.2) is 60.8 Å². The summed E-state index contributed by atoms with van der Waals surface area (Å²) < 4.78 is 1.86. The van der Waals surface area contributed by atoms with Crippen LogP contribution in [0.25, 0.3) is 0 Å². The Bertz CT molecular complexity index is 920. The third-order valence-corrected chi connectivity index (χ3v) is 5.18. The topological polar surface area (TPSA) is 51.0 Å². The molecule has 5 heteroatoms. The fourth-order valence-corrected chi connectivity index (χ4v) is 3.68. The van der Waals surface area contributed by atoms with Crippen LogP contribution >= 0.6 is 0 Å². The zero-order chi connectivity index (χ0) is 18.8. The molecule has 0 saturated heterocycles. The van der Waals surface area contributed by atoms with Crippen molar-refractivity contribution in [3.8, 4) is 0 Å². The molecule has 27 heavy (non-hydrogen) atoms. The maximum atomic E-state index is 13.3. The number of hydrogen-bond donors (Lipinski definition) is 0. The minimum atomic E-state index is 0.0606. The van der Waals surface area contributed by atoms with Crippen LogP contribution in [0.2, 0.25) is 0 Å². The predicted octanol–water partition coefficient (Wildman–Crippen LogP) is 3.46. The third kappa shape index (κ3) is 3.92. The number of nitrogens with zero attached hydrogens (tertiary/aromatic N) is 4. The summed E-state index contributed by atoms with van der Waals surface area (Å²) in [5.41, 5.74) is 4.16. The van der Waals surface area contributed by atoms with Crippen molar-refractivity contribution in [1.29, 1.82) is 0 Å². The Labute approximate surface area is 159 Å². The quantitative estimate of drug-likeness (QED) is 0.676. The number of rotatable bonds is 6. The van der Waals surface area contributed by atoms with Crippen molar-refractivity contribution in [2.45, 2.75) is 32.4 Å². The average molecular weight is 360 g/mol. The molecule has 1 fully saturated rings. The number of carbonyl (C=O) groups is 1. The molecule has 1 aliphatic carbocycles. The first kappa shape index (κ1) is 17.5. The molecule has 0 unspecified atom stereocenters. The zero-order valence-electron chi connectivity index (χ0n) is 15.7.